The number of nitrogens with one attached hydrogen (secondary N) is 1. The molecule has 0 unspecified atom stereocenters. The maximum Gasteiger partial charge on any atom is 0.416 e. The average Bonchev–Trinajstić information content (AvgIpc) is 3.02. The first-order chi connectivity index (χ1) is 17.6. The minimum absolute atomic E-state index is 0.00827. The summed E-state index contributed by atoms with van der Waals surface area (Å²) in [5.74, 6) is -1.72. The number of benzene rings is 2. The van der Waals surface area contributed by atoms with Gasteiger partial charge in [-0.15, -0.1) is 0 Å². The predicted molar refractivity (Wildman–Crippen MR) is 135 cm³/mol. The molecule has 2 N–H and O–H groups in total. The number of amidine groups is 1. The van der Waals surface area contributed by atoms with Gasteiger partial charge in [-0.25, -0.2) is 14.2 Å². The first kappa shape index (κ1) is 28.0. The van der Waals surface area contributed by atoms with E-state index in [4.69, 9.17) is 0 Å². The van der Waals surface area contributed by atoms with Crippen LogP contribution in [0.2, 0.25) is 0 Å². The van der Waals surface area contributed by atoms with E-state index in [0.717, 1.165) is 38.1 Å². The van der Waals surface area contributed by atoms with Gasteiger partial charge in [0.05, 0.1) is 23.5 Å². The van der Waals surface area contributed by atoms with Gasteiger partial charge in [0.15, 0.2) is 0 Å². The lowest BCUT2D eigenvalue weighted by atomic mass is 9.98. The quantitative estimate of drug-likeness (QED) is 0.254. The third-order valence-electron chi connectivity index (χ3n) is 5.66. The van der Waals surface area contributed by atoms with Gasteiger partial charge in [-0.2, -0.15) is 18.3 Å². The maximum absolute atomic E-state index is 14.6. The summed E-state index contributed by atoms with van der Waals surface area (Å²) in [4.78, 5) is 22.6. The third kappa shape index (κ3) is 7.45. The number of hydrazone groups is 1. The summed E-state index contributed by atoms with van der Waals surface area (Å²) < 4.78 is 54.8. The Morgan fingerprint density at radius 2 is 1.78 bits per heavy atom. The minimum Gasteiger partial charge on any atom is -0.477 e. The molecule has 37 heavy (non-hydrogen) atoms. The van der Waals surface area contributed by atoms with E-state index in [2.05, 4.69) is 25.4 Å². The maximum atomic E-state index is 14.6. The van der Waals surface area contributed by atoms with Crippen molar-refractivity contribution in [3.63, 3.8) is 0 Å². The predicted octanol–water partition coefficient (Wildman–Crippen LogP) is 5.27. The van der Waals surface area contributed by atoms with Crippen LogP contribution in [-0.2, 0) is 11.0 Å². The topological polar surface area (TPSA) is 89.6 Å². The molecule has 7 nitrogen and oxygen atoms in total. The van der Waals surface area contributed by atoms with Crippen molar-refractivity contribution < 1.29 is 27.5 Å². The zero-order valence-electron chi connectivity index (χ0n) is 20.6. The molecular formula is C26H29F4N5O2. The normalized spacial score (nSPS) is 14.1. The van der Waals surface area contributed by atoms with Gasteiger partial charge in [-0.05, 0) is 56.3 Å². The second kappa shape index (κ2) is 12.6. The molecule has 1 aliphatic heterocycles. The van der Waals surface area contributed by atoms with Crippen molar-refractivity contribution in [3.8, 4) is 0 Å². The minimum atomic E-state index is -4.61. The SMILES string of the molecule is CCCN(CCC)CCC(=NNC1=Nc2ccc(C(F)(F)F)cc2C(c2ccccc2F)=NC1)C(=O)O. The molecular weight excluding hydrogens is 490 g/mol. The fraction of sp³-hybridized carbons (Fsp3) is 0.385. The summed E-state index contributed by atoms with van der Waals surface area (Å²) in [6.45, 7) is 6.11. The van der Waals surface area contributed by atoms with E-state index >= 15 is 0 Å². The van der Waals surface area contributed by atoms with Gasteiger partial charge < -0.3 is 10.0 Å². The number of hydrogen-bond donors (Lipinski definition) is 2. The second-order valence-corrected chi connectivity index (χ2v) is 8.50. The van der Waals surface area contributed by atoms with E-state index in [9.17, 15) is 27.5 Å². The Balaban J connectivity index is 1.94. The number of fused-ring (bicyclic) bond motifs is 1. The Labute approximate surface area is 212 Å². The third-order valence-corrected chi connectivity index (χ3v) is 5.66. The van der Waals surface area contributed by atoms with Gasteiger partial charge in [-0.1, -0.05) is 26.0 Å². The molecule has 0 spiro atoms. The van der Waals surface area contributed by atoms with E-state index in [1.165, 1.54) is 24.3 Å². The number of hydrogen-bond acceptors (Lipinski definition) is 6. The number of carbonyl (C=O) groups is 1. The molecule has 1 aliphatic rings. The molecule has 0 saturated heterocycles. The largest absolute Gasteiger partial charge is 0.477 e. The Kier molecular flexibility index (Phi) is 9.51. The van der Waals surface area contributed by atoms with Crippen LogP contribution in [0.3, 0.4) is 0 Å². The highest BCUT2D eigenvalue weighted by Crippen LogP contribution is 2.34. The molecule has 3 rings (SSSR count). The zero-order chi connectivity index (χ0) is 27.0. The Morgan fingerprint density at radius 3 is 2.41 bits per heavy atom. The van der Waals surface area contributed by atoms with Crippen molar-refractivity contribution in [2.45, 2.75) is 39.3 Å². The molecule has 0 saturated carbocycles. The van der Waals surface area contributed by atoms with Gasteiger partial charge >= 0.3 is 12.1 Å². The van der Waals surface area contributed by atoms with Crippen LogP contribution in [0.4, 0.5) is 23.2 Å². The van der Waals surface area contributed by atoms with Crippen molar-refractivity contribution in [2.24, 2.45) is 15.1 Å². The van der Waals surface area contributed by atoms with Crippen molar-refractivity contribution in [2.75, 3.05) is 26.2 Å². The van der Waals surface area contributed by atoms with Crippen LogP contribution >= 0.6 is 0 Å². The molecule has 0 amide bonds. The summed E-state index contributed by atoms with van der Waals surface area (Å²) in [5.41, 5.74) is 1.76. The highest BCUT2D eigenvalue weighted by molar-refractivity contribution is 6.35. The zero-order valence-corrected chi connectivity index (χ0v) is 20.6. The number of halogens is 4. The second-order valence-electron chi connectivity index (χ2n) is 8.50. The summed E-state index contributed by atoms with van der Waals surface area (Å²) in [7, 11) is 0. The van der Waals surface area contributed by atoms with Crippen molar-refractivity contribution in [1.29, 1.82) is 0 Å². The molecule has 0 aromatic heterocycles. The van der Waals surface area contributed by atoms with Crippen LogP contribution in [0.5, 0.6) is 0 Å². The smallest absolute Gasteiger partial charge is 0.416 e. The van der Waals surface area contributed by atoms with Gasteiger partial charge in [0.1, 0.15) is 17.4 Å². The number of nitrogens with zero attached hydrogens (tertiary/aromatic N) is 4. The first-order valence-electron chi connectivity index (χ1n) is 12.0. The highest BCUT2D eigenvalue weighted by atomic mass is 19.4. The van der Waals surface area contributed by atoms with Gasteiger partial charge in [0.2, 0.25) is 0 Å². The Hall–Kier alpha value is -3.60. The average molecular weight is 520 g/mol. The lowest BCUT2D eigenvalue weighted by molar-refractivity contribution is -0.137. The van der Waals surface area contributed by atoms with Crippen molar-refractivity contribution >= 4 is 28.9 Å². The van der Waals surface area contributed by atoms with Gasteiger partial charge in [-0.3, -0.25) is 10.4 Å². The van der Waals surface area contributed by atoms with Crippen LogP contribution in [0.1, 0.15) is 49.8 Å². The lowest BCUT2D eigenvalue weighted by Gasteiger charge is -2.20. The van der Waals surface area contributed by atoms with E-state index < -0.39 is 23.5 Å². The molecule has 0 bridgehead atoms. The molecule has 11 heteroatoms. The van der Waals surface area contributed by atoms with E-state index in [-0.39, 0.29) is 47.0 Å². The molecule has 0 fully saturated rings. The summed E-state index contributed by atoms with van der Waals surface area (Å²) >= 11 is 0. The number of rotatable bonds is 10. The fourth-order valence-electron chi connectivity index (χ4n) is 3.94. The molecule has 2 aromatic carbocycles. The number of aliphatic imine (C=N–C) groups is 2. The summed E-state index contributed by atoms with van der Waals surface area (Å²) in [6.07, 6.45) is -2.56. The molecule has 0 radical (unpaired) electrons. The Morgan fingerprint density at radius 1 is 1.08 bits per heavy atom. The molecule has 198 valence electrons. The highest BCUT2D eigenvalue weighted by Gasteiger charge is 2.32. The number of alkyl halides is 3. The number of aliphatic carboxylic acids is 1. The van der Waals surface area contributed by atoms with Crippen molar-refractivity contribution in [1.82, 2.24) is 10.3 Å². The van der Waals surface area contributed by atoms with Crippen LogP contribution in [0.25, 0.3) is 0 Å². The molecule has 0 aliphatic carbocycles. The summed E-state index contributed by atoms with van der Waals surface area (Å²) in [5, 5.41) is 13.6. The standard InChI is InChI=1S/C26H29F4N5O2/c1-3-12-35(13-4-2)14-11-22(25(36)37)33-34-23-16-31-24(18-7-5-6-8-20(18)27)19-15-17(26(28,29)30)9-10-21(19)32-23/h5-10,15H,3-4,11-14,16H2,1-2H3,(H,32,34)(H,36,37). The summed E-state index contributed by atoms with van der Waals surface area (Å²) in [6, 6.07) is 8.59. The van der Waals surface area contributed by atoms with Gasteiger partial charge in [0, 0.05) is 24.1 Å². The Bertz CT molecular complexity index is 1200. The first-order valence-corrected chi connectivity index (χ1v) is 12.0. The fourth-order valence-corrected chi connectivity index (χ4v) is 3.94. The molecule has 2 aromatic rings. The van der Waals surface area contributed by atoms with E-state index in [1.54, 1.807) is 6.07 Å². The van der Waals surface area contributed by atoms with E-state index in [1.807, 2.05) is 13.8 Å². The molecule has 1 heterocycles. The van der Waals surface area contributed by atoms with Crippen LogP contribution in [0, 0.1) is 5.82 Å². The monoisotopic (exact) mass is 519 g/mol. The van der Waals surface area contributed by atoms with Crippen LogP contribution < -0.4 is 5.43 Å². The van der Waals surface area contributed by atoms with E-state index in [0.29, 0.717) is 6.54 Å². The van der Waals surface area contributed by atoms with Gasteiger partial charge in [0.25, 0.3) is 0 Å². The lowest BCUT2D eigenvalue weighted by Crippen LogP contribution is -2.31. The van der Waals surface area contributed by atoms with Crippen LogP contribution in [0.15, 0.2) is 57.6 Å². The molecule has 0 atom stereocenters. The number of carboxylic acids is 1. The van der Waals surface area contributed by atoms with Crippen molar-refractivity contribution in [3.05, 3.63) is 65.0 Å². The van der Waals surface area contributed by atoms with Crippen LogP contribution in [-0.4, -0.2) is 59.4 Å². The number of carboxylic acid groups (broad SMARTS) is 1.